The summed E-state index contributed by atoms with van der Waals surface area (Å²) < 4.78 is 0. The maximum atomic E-state index is 4.50. The Hall–Kier alpha value is -1.94. The molecule has 0 spiro atoms. The van der Waals surface area contributed by atoms with E-state index < -0.39 is 0 Å². The first-order chi connectivity index (χ1) is 8.70. The molecule has 0 aliphatic rings. The molecule has 18 heavy (non-hydrogen) atoms. The van der Waals surface area contributed by atoms with Crippen molar-refractivity contribution in [2.45, 2.75) is 19.9 Å². The Bertz CT molecular complexity index is 524. The molecule has 1 N–H and O–H groups in total. The SMILES string of the molecule is CNC(C=C(C)C)c1cnn(-c2ccccc2)n1. The van der Waals surface area contributed by atoms with E-state index in [2.05, 4.69) is 35.4 Å². The van der Waals surface area contributed by atoms with E-state index in [1.54, 1.807) is 11.0 Å². The summed E-state index contributed by atoms with van der Waals surface area (Å²) in [6.45, 7) is 4.15. The van der Waals surface area contributed by atoms with Gasteiger partial charge in [0.15, 0.2) is 0 Å². The van der Waals surface area contributed by atoms with E-state index in [0.717, 1.165) is 11.4 Å². The Kier molecular flexibility index (Phi) is 3.89. The zero-order valence-corrected chi connectivity index (χ0v) is 11.0. The van der Waals surface area contributed by atoms with Gasteiger partial charge in [0.25, 0.3) is 0 Å². The van der Waals surface area contributed by atoms with Crippen molar-refractivity contribution < 1.29 is 0 Å². The minimum atomic E-state index is 0.104. The molecule has 1 aromatic heterocycles. The predicted molar refractivity (Wildman–Crippen MR) is 72.6 cm³/mol. The van der Waals surface area contributed by atoms with Crippen molar-refractivity contribution in [2.75, 3.05) is 7.05 Å². The van der Waals surface area contributed by atoms with E-state index in [-0.39, 0.29) is 6.04 Å². The predicted octanol–water partition coefficient (Wildman–Crippen LogP) is 2.49. The summed E-state index contributed by atoms with van der Waals surface area (Å²) in [4.78, 5) is 1.65. The van der Waals surface area contributed by atoms with Crippen LogP contribution in [-0.4, -0.2) is 22.0 Å². The molecule has 1 atom stereocenters. The van der Waals surface area contributed by atoms with Gasteiger partial charge in [0.2, 0.25) is 0 Å². The molecule has 0 radical (unpaired) electrons. The van der Waals surface area contributed by atoms with Crippen LogP contribution >= 0.6 is 0 Å². The van der Waals surface area contributed by atoms with E-state index in [1.165, 1.54) is 5.57 Å². The van der Waals surface area contributed by atoms with Crippen LogP contribution in [0, 0.1) is 0 Å². The van der Waals surface area contributed by atoms with Crippen LogP contribution in [0.4, 0.5) is 0 Å². The van der Waals surface area contributed by atoms with Crippen molar-refractivity contribution in [1.82, 2.24) is 20.3 Å². The van der Waals surface area contributed by atoms with Crippen molar-refractivity contribution in [1.29, 1.82) is 0 Å². The van der Waals surface area contributed by atoms with Crippen LogP contribution in [0.5, 0.6) is 0 Å². The molecule has 2 aromatic rings. The summed E-state index contributed by atoms with van der Waals surface area (Å²) in [7, 11) is 1.92. The number of benzene rings is 1. The van der Waals surface area contributed by atoms with Gasteiger partial charge in [0, 0.05) is 0 Å². The maximum Gasteiger partial charge on any atom is 0.104 e. The summed E-state index contributed by atoms with van der Waals surface area (Å²) >= 11 is 0. The number of nitrogens with zero attached hydrogens (tertiary/aromatic N) is 3. The highest BCUT2D eigenvalue weighted by Gasteiger charge is 2.11. The number of rotatable bonds is 4. The molecule has 0 saturated carbocycles. The van der Waals surface area contributed by atoms with Crippen LogP contribution in [0.25, 0.3) is 5.69 Å². The van der Waals surface area contributed by atoms with Crippen LogP contribution in [0.2, 0.25) is 0 Å². The quantitative estimate of drug-likeness (QED) is 0.838. The molecule has 4 nitrogen and oxygen atoms in total. The lowest BCUT2D eigenvalue weighted by Crippen LogP contribution is -2.15. The highest BCUT2D eigenvalue weighted by molar-refractivity contribution is 5.29. The summed E-state index contributed by atoms with van der Waals surface area (Å²) in [5.74, 6) is 0. The minimum absolute atomic E-state index is 0.104. The van der Waals surface area contributed by atoms with Gasteiger partial charge in [-0.25, -0.2) is 0 Å². The first kappa shape index (κ1) is 12.5. The number of allylic oxidation sites excluding steroid dienone is 1. The molecule has 1 aromatic carbocycles. The van der Waals surface area contributed by atoms with E-state index in [9.17, 15) is 0 Å². The number of aromatic nitrogens is 3. The van der Waals surface area contributed by atoms with Crippen LogP contribution in [0.1, 0.15) is 25.6 Å². The van der Waals surface area contributed by atoms with Gasteiger partial charge in [0.1, 0.15) is 5.69 Å². The Morgan fingerprint density at radius 1 is 1.28 bits per heavy atom. The first-order valence-corrected chi connectivity index (χ1v) is 6.00. The molecule has 1 unspecified atom stereocenters. The molecule has 0 aliphatic heterocycles. The van der Waals surface area contributed by atoms with Crippen molar-refractivity contribution in [3.05, 3.63) is 53.9 Å². The average Bonchev–Trinajstić information content (AvgIpc) is 2.86. The third-order valence-corrected chi connectivity index (χ3v) is 2.63. The third kappa shape index (κ3) is 2.84. The van der Waals surface area contributed by atoms with Gasteiger partial charge in [-0.1, -0.05) is 29.8 Å². The van der Waals surface area contributed by atoms with E-state index >= 15 is 0 Å². The number of nitrogens with one attached hydrogen (secondary N) is 1. The molecule has 0 saturated heterocycles. The highest BCUT2D eigenvalue weighted by atomic mass is 15.5. The molecule has 0 aliphatic carbocycles. The van der Waals surface area contributed by atoms with Crippen LogP contribution < -0.4 is 5.32 Å². The van der Waals surface area contributed by atoms with Crippen molar-refractivity contribution >= 4 is 0 Å². The summed E-state index contributed by atoms with van der Waals surface area (Å²) in [6, 6.07) is 10.0. The van der Waals surface area contributed by atoms with E-state index in [4.69, 9.17) is 0 Å². The summed E-state index contributed by atoms with van der Waals surface area (Å²) in [5.41, 5.74) is 3.14. The monoisotopic (exact) mass is 242 g/mol. The summed E-state index contributed by atoms with van der Waals surface area (Å²) in [6.07, 6.45) is 3.94. The van der Waals surface area contributed by atoms with Gasteiger partial charge in [-0.05, 0) is 33.0 Å². The molecular formula is C14H18N4. The molecule has 94 valence electrons. The van der Waals surface area contributed by atoms with Crippen molar-refractivity contribution in [3.8, 4) is 5.69 Å². The topological polar surface area (TPSA) is 42.7 Å². The van der Waals surface area contributed by atoms with Gasteiger partial charge in [-0.3, -0.25) is 0 Å². The lowest BCUT2D eigenvalue weighted by atomic mass is 10.1. The first-order valence-electron chi connectivity index (χ1n) is 6.00. The van der Waals surface area contributed by atoms with Gasteiger partial charge < -0.3 is 5.32 Å². The smallest absolute Gasteiger partial charge is 0.104 e. The number of hydrogen-bond donors (Lipinski definition) is 1. The molecule has 4 heteroatoms. The lowest BCUT2D eigenvalue weighted by Gasteiger charge is -2.08. The minimum Gasteiger partial charge on any atom is -0.308 e. The maximum absolute atomic E-state index is 4.50. The summed E-state index contributed by atoms with van der Waals surface area (Å²) in [5, 5.41) is 12.0. The second-order valence-electron chi connectivity index (χ2n) is 4.40. The van der Waals surface area contributed by atoms with Crippen LogP contribution in [-0.2, 0) is 0 Å². The Morgan fingerprint density at radius 2 is 2.00 bits per heavy atom. The Morgan fingerprint density at radius 3 is 2.61 bits per heavy atom. The second kappa shape index (κ2) is 5.60. The van der Waals surface area contributed by atoms with Gasteiger partial charge in [-0.15, -0.1) is 0 Å². The molecule has 0 fully saturated rings. The average molecular weight is 242 g/mol. The lowest BCUT2D eigenvalue weighted by molar-refractivity contribution is 0.662. The number of likely N-dealkylation sites (N-methyl/N-ethyl adjacent to an activating group) is 1. The van der Waals surface area contributed by atoms with Crippen LogP contribution in [0.15, 0.2) is 48.2 Å². The third-order valence-electron chi connectivity index (χ3n) is 2.63. The van der Waals surface area contributed by atoms with E-state index in [1.807, 2.05) is 37.4 Å². The number of hydrogen-bond acceptors (Lipinski definition) is 3. The standard InChI is InChI=1S/C14H18N4/c1-11(2)9-13(15-3)14-10-16-18(17-14)12-7-5-4-6-8-12/h4-10,13,15H,1-3H3. The fourth-order valence-electron chi connectivity index (χ4n) is 1.75. The molecular weight excluding hydrogens is 224 g/mol. The van der Waals surface area contributed by atoms with E-state index in [0.29, 0.717) is 0 Å². The molecule has 2 rings (SSSR count). The Balaban J connectivity index is 2.27. The molecule has 1 heterocycles. The van der Waals surface area contributed by atoms with Gasteiger partial charge >= 0.3 is 0 Å². The number of para-hydroxylation sites is 1. The van der Waals surface area contributed by atoms with Gasteiger partial charge in [0.05, 0.1) is 17.9 Å². The van der Waals surface area contributed by atoms with Gasteiger partial charge in [-0.2, -0.15) is 15.0 Å². The normalized spacial score (nSPS) is 12.2. The molecule has 0 bridgehead atoms. The molecule has 0 amide bonds. The zero-order chi connectivity index (χ0) is 13.0. The van der Waals surface area contributed by atoms with Crippen molar-refractivity contribution in [3.63, 3.8) is 0 Å². The zero-order valence-electron chi connectivity index (χ0n) is 11.0. The van der Waals surface area contributed by atoms with Crippen LogP contribution in [0.3, 0.4) is 0 Å². The van der Waals surface area contributed by atoms with Crippen molar-refractivity contribution in [2.24, 2.45) is 0 Å². The fourth-order valence-corrected chi connectivity index (χ4v) is 1.75. The second-order valence-corrected chi connectivity index (χ2v) is 4.40. The Labute approximate surface area is 107 Å². The fraction of sp³-hybridized carbons (Fsp3) is 0.286. The highest BCUT2D eigenvalue weighted by Crippen LogP contribution is 2.13. The largest absolute Gasteiger partial charge is 0.308 e.